The second-order valence-corrected chi connectivity index (χ2v) is 8.73. The molecule has 0 aliphatic carbocycles. The number of fused-ring (bicyclic) bond motifs is 3. The second-order valence-electron chi connectivity index (χ2n) is 7.20. The third-order valence-corrected chi connectivity index (χ3v) is 6.72. The van der Waals surface area contributed by atoms with Crippen LogP contribution in [0.1, 0.15) is 0 Å². The van der Waals surface area contributed by atoms with Crippen LogP contribution in [0.5, 0.6) is 0 Å². The number of para-hydroxylation sites is 2. The molecule has 3 aromatic carbocycles. The summed E-state index contributed by atoms with van der Waals surface area (Å²) >= 11 is 7.25. The van der Waals surface area contributed by atoms with Gasteiger partial charge in [0.05, 0.1) is 5.69 Å². The molecule has 32 heavy (non-hydrogen) atoms. The van der Waals surface area contributed by atoms with E-state index in [0.29, 0.717) is 0 Å². The van der Waals surface area contributed by atoms with Gasteiger partial charge in [-0.3, -0.25) is 4.98 Å². The van der Waals surface area contributed by atoms with Crippen molar-refractivity contribution in [1.29, 1.82) is 0 Å². The first-order chi connectivity index (χ1) is 15.3. The molecule has 0 saturated carbocycles. The Labute approximate surface area is 210 Å². The summed E-state index contributed by atoms with van der Waals surface area (Å²) in [6.45, 7) is 0. The van der Waals surface area contributed by atoms with Gasteiger partial charge in [0.1, 0.15) is 5.82 Å². The SMILES string of the molecule is [Pt+2].[S-]c1cccc2ccc(-c3[c-]c4c(cc3)Sc3ccccc3N4c3ccccn3)nc12. The number of nitrogens with zero attached hydrogens (tertiary/aromatic N) is 3. The van der Waals surface area contributed by atoms with Crippen LogP contribution in [0.15, 0.2) is 106 Å². The van der Waals surface area contributed by atoms with Gasteiger partial charge in [-0.05, 0) is 45.9 Å². The first kappa shape index (κ1) is 21.1. The summed E-state index contributed by atoms with van der Waals surface area (Å²) in [5.41, 5.74) is 4.72. The summed E-state index contributed by atoms with van der Waals surface area (Å²) in [4.78, 5) is 14.7. The van der Waals surface area contributed by atoms with Gasteiger partial charge in [0.2, 0.25) is 0 Å². The molecular formula is C26H15N3PtS2. The minimum Gasteiger partial charge on any atom is -0.778 e. The fourth-order valence-corrected chi connectivity index (χ4v) is 5.09. The van der Waals surface area contributed by atoms with Crippen molar-refractivity contribution in [2.45, 2.75) is 14.7 Å². The molecule has 0 saturated heterocycles. The Morgan fingerprint density at radius 3 is 2.56 bits per heavy atom. The van der Waals surface area contributed by atoms with Crippen molar-refractivity contribution in [2.75, 3.05) is 4.90 Å². The van der Waals surface area contributed by atoms with Crippen molar-refractivity contribution in [3.63, 3.8) is 0 Å². The van der Waals surface area contributed by atoms with E-state index in [1.54, 1.807) is 11.8 Å². The van der Waals surface area contributed by atoms with Gasteiger partial charge in [0.15, 0.2) is 0 Å². The standard InChI is InChI=1S/C26H16N3S2.Pt/c30-22-8-5-6-17-11-13-19(28-26(17)22)18-12-14-24-21(16-18)29(25-10-3-4-15-27-25)20-7-1-2-9-23(20)31-24;/h1-15,30H;/q-1;+2/p-1. The first-order valence-corrected chi connectivity index (χ1v) is 11.1. The smallest absolute Gasteiger partial charge is 0.778 e. The van der Waals surface area contributed by atoms with E-state index in [9.17, 15) is 0 Å². The fraction of sp³-hybridized carbons (Fsp3) is 0. The number of benzene rings is 3. The Bertz CT molecular complexity index is 1440. The topological polar surface area (TPSA) is 29.0 Å². The third-order valence-electron chi connectivity index (χ3n) is 5.28. The second kappa shape index (κ2) is 8.67. The number of hydrogen-bond acceptors (Lipinski definition) is 5. The van der Waals surface area contributed by atoms with E-state index in [-0.39, 0.29) is 21.1 Å². The summed E-state index contributed by atoms with van der Waals surface area (Å²) in [5.74, 6) is 0.865. The molecule has 0 bridgehead atoms. The van der Waals surface area contributed by atoms with Crippen LogP contribution in [-0.4, -0.2) is 9.97 Å². The van der Waals surface area contributed by atoms with Crippen LogP contribution in [0.25, 0.3) is 22.2 Å². The molecular weight excluding hydrogens is 614 g/mol. The molecule has 6 rings (SSSR count). The fourth-order valence-electron chi connectivity index (χ4n) is 3.83. The first-order valence-electron chi connectivity index (χ1n) is 9.89. The zero-order valence-electron chi connectivity index (χ0n) is 16.6. The van der Waals surface area contributed by atoms with Crippen LogP contribution in [0.2, 0.25) is 0 Å². The van der Waals surface area contributed by atoms with Crippen molar-refractivity contribution in [2.24, 2.45) is 0 Å². The van der Waals surface area contributed by atoms with Gasteiger partial charge in [0, 0.05) is 16.6 Å². The summed E-state index contributed by atoms with van der Waals surface area (Å²) in [6.07, 6.45) is 1.82. The molecule has 3 heterocycles. The third kappa shape index (κ3) is 3.61. The van der Waals surface area contributed by atoms with Crippen molar-refractivity contribution in [1.82, 2.24) is 9.97 Å². The van der Waals surface area contributed by atoms with Crippen LogP contribution >= 0.6 is 11.8 Å². The molecule has 156 valence electrons. The Hall–Kier alpha value is -2.72. The van der Waals surface area contributed by atoms with E-state index in [1.165, 1.54) is 4.90 Å². The van der Waals surface area contributed by atoms with E-state index in [2.05, 4.69) is 58.4 Å². The van der Waals surface area contributed by atoms with E-state index >= 15 is 0 Å². The van der Waals surface area contributed by atoms with Crippen LogP contribution < -0.4 is 4.90 Å². The van der Waals surface area contributed by atoms with Gasteiger partial charge in [-0.25, -0.2) is 4.98 Å². The van der Waals surface area contributed by atoms with Crippen LogP contribution in [0, 0.1) is 6.07 Å². The zero-order chi connectivity index (χ0) is 20.8. The van der Waals surface area contributed by atoms with Gasteiger partial charge in [-0.1, -0.05) is 48.5 Å². The Morgan fingerprint density at radius 1 is 0.812 bits per heavy atom. The van der Waals surface area contributed by atoms with Gasteiger partial charge < -0.3 is 17.5 Å². The predicted molar refractivity (Wildman–Crippen MR) is 128 cm³/mol. The molecule has 1 aliphatic rings. The van der Waals surface area contributed by atoms with Gasteiger partial charge in [-0.2, -0.15) is 0 Å². The molecule has 0 radical (unpaired) electrons. The van der Waals surface area contributed by atoms with Gasteiger partial charge in [0.25, 0.3) is 0 Å². The van der Waals surface area contributed by atoms with Gasteiger partial charge in [-0.15, -0.1) is 40.4 Å². The van der Waals surface area contributed by atoms with Crippen molar-refractivity contribution >= 4 is 52.5 Å². The molecule has 0 amide bonds. The van der Waals surface area contributed by atoms with E-state index in [0.717, 1.165) is 49.1 Å². The molecule has 0 atom stereocenters. The van der Waals surface area contributed by atoms with Gasteiger partial charge >= 0.3 is 21.1 Å². The minimum absolute atomic E-state index is 0. The van der Waals surface area contributed by atoms with E-state index < -0.39 is 0 Å². The van der Waals surface area contributed by atoms with Crippen LogP contribution in [0.3, 0.4) is 0 Å². The van der Waals surface area contributed by atoms with E-state index in [1.807, 2.05) is 48.7 Å². The zero-order valence-corrected chi connectivity index (χ0v) is 20.5. The Balaban J connectivity index is 0.00000216. The Kier molecular flexibility index (Phi) is 5.72. The number of pyridine rings is 2. The van der Waals surface area contributed by atoms with Crippen molar-refractivity contribution in [3.05, 3.63) is 97.2 Å². The molecule has 0 N–H and O–H groups in total. The molecule has 3 nitrogen and oxygen atoms in total. The van der Waals surface area contributed by atoms with E-state index in [4.69, 9.17) is 17.6 Å². The number of hydrogen-bond donors (Lipinski definition) is 0. The number of rotatable bonds is 2. The molecule has 1 aliphatic heterocycles. The maximum absolute atomic E-state index is 5.49. The molecule has 5 aromatic rings. The predicted octanol–water partition coefficient (Wildman–Crippen LogP) is 6.93. The van der Waals surface area contributed by atoms with Crippen molar-refractivity contribution < 1.29 is 21.1 Å². The largest absolute Gasteiger partial charge is 2.00 e. The Morgan fingerprint density at radius 2 is 1.69 bits per heavy atom. The molecule has 2 aromatic heterocycles. The molecule has 0 fully saturated rings. The normalized spacial score (nSPS) is 12.1. The molecule has 0 spiro atoms. The average molecular weight is 629 g/mol. The molecule has 6 heteroatoms. The average Bonchev–Trinajstić information content (AvgIpc) is 2.83. The summed E-state index contributed by atoms with van der Waals surface area (Å²) < 4.78 is 0. The monoisotopic (exact) mass is 628 g/mol. The maximum Gasteiger partial charge on any atom is 2.00 e. The van der Waals surface area contributed by atoms with Crippen molar-refractivity contribution in [3.8, 4) is 11.3 Å². The molecule has 0 unspecified atom stereocenters. The summed E-state index contributed by atoms with van der Waals surface area (Å²) in [6, 6.07) is 32.2. The maximum atomic E-state index is 5.49. The summed E-state index contributed by atoms with van der Waals surface area (Å²) in [7, 11) is 0. The number of aromatic nitrogens is 2. The van der Waals surface area contributed by atoms with Crippen LogP contribution in [-0.2, 0) is 33.7 Å². The van der Waals surface area contributed by atoms with Crippen LogP contribution in [0.4, 0.5) is 17.2 Å². The quantitative estimate of drug-likeness (QED) is 0.153. The minimum atomic E-state index is 0. The summed E-state index contributed by atoms with van der Waals surface area (Å²) in [5, 5.41) is 1.05. The number of anilines is 3.